The summed E-state index contributed by atoms with van der Waals surface area (Å²) in [6.45, 7) is 5.80. The van der Waals surface area contributed by atoms with Crippen molar-refractivity contribution in [1.29, 1.82) is 5.26 Å². The minimum Gasteiger partial charge on any atom is -0.496 e. The normalized spacial score (nSPS) is 12.8. The van der Waals surface area contributed by atoms with Crippen molar-refractivity contribution in [2.45, 2.75) is 32.9 Å². The molecule has 0 heterocycles. The summed E-state index contributed by atoms with van der Waals surface area (Å²) in [4.78, 5) is 12.5. The van der Waals surface area contributed by atoms with Crippen LogP contribution in [0, 0.1) is 18.3 Å². The fraction of sp³-hybridized carbons (Fsp3) is 0.300. The molecule has 2 aromatic carbocycles. The molecule has 2 N–H and O–H groups in total. The zero-order valence-corrected chi connectivity index (χ0v) is 15.0. The lowest BCUT2D eigenvalue weighted by atomic mass is 10.0. The summed E-state index contributed by atoms with van der Waals surface area (Å²) in [6, 6.07) is 14.5. The Hall–Kier alpha value is -2.84. The van der Waals surface area contributed by atoms with Gasteiger partial charge in [-0.15, -0.1) is 0 Å². The van der Waals surface area contributed by atoms with E-state index in [-0.39, 0.29) is 11.9 Å². The molecule has 0 aliphatic carbocycles. The molecule has 2 rings (SSSR count). The molecule has 0 radical (unpaired) electrons. The number of rotatable bonds is 6. The van der Waals surface area contributed by atoms with Crippen molar-refractivity contribution in [2.24, 2.45) is 0 Å². The van der Waals surface area contributed by atoms with Crippen LogP contribution in [0.15, 0.2) is 42.5 Å². The predicted octanol–water partition coefficient (Wildman–Crippen LogP) is 3.55. The fourth-order valence-electron chi connectivity index (χ4n) is 2.66. The SMILES string of the molecule is COc1ccc(C)cc1C(C)NC(C)C(=O)Nc1ccccc1C#N. The van der Waals surface area contributed by atoms with Crippen LogP contribution in [0.2, 0.25) is 0 Å². The molecule has 0 saturated carbocycles. The van der Waals surface area contributed by atoms with Gasteiger partial charge in [-0.05, 0) is 39.0 Å². The third-order valence-corrected chi connectivity index (χ3v) is 4.05. The smallest absolute Gasteiger partial charge is 0.241 e. The maximum Gasteiger partial charge on any atom is 0.241 e. The monoisotopic (exact) mass is 337 g/mol. The maximum absolute atomic E-state index is 12.5. The number of hydrogen-bond acceptors (Lipinski definition) is 4. The number of nitriles is 1. The van der Waals surface area contributed by atoms with Crippen LogP contribution in [0.1, 0.15) is 36.6 Å². The van der Waals surface area contributed by atoms with Crippen LogP contribution in [0.3, 0.4) is 0 Å². The third kappa shape index (κ3) is 4.59. The number of amides is 1. The number of para-hydroxylation sites is 1. The van der Waals surface area contributed by atoms with E-state index >= 15 is 0 Å². The summed E-state index contributed by atoms with van der Waals surface area (Å²) in [6.07, 6.45) is 0. The zero-order chi connectivity index (χ0) is 18.4. The molecule has 5 heteroatoms. The molecule has 0 fully saturated rings. The van der Waals surface area contributed by atoms with Gasteiger partial charge in [0.2, 0.25) is 5.91 Å². The molecule has 5 nitrogen and oxygen atoms in total. The minimum absolute atomic E-state index is 0.0678. The first-order chi connectivity index (χ1) is 12.0. The van der Waals surface area contributed by atoms with E-state index in [1.54, 1.807) is 38.3 Å². The van der Waals surface area contributed by atoms with Crippen molar-refractivity contribution in [3.63, 3.8) is 0 Å². The zero-order valence-electron chi connectivity index (χ0n) is 15.0. The van der Waals surface area contributed by atoms with Gasteiger partial charge in [-0.2, -0.15) is 5.26 Å². The molecule has 25 heavy (non-hydrogen) atoms. The van der Waals surface area contributed by atoms with Gasteiger partial charge in [0.1, 0.15) is 11.8 Å². The van der Waals surface area contributed by atoms with Gasteiger partial charge in [-0.1, -0.05) is 29.8 Å². The van der Waals surface area contributed by atoms with E-state index in [9.17, 15) is 4.79 Å². The van der Waals surface area contributed by atoms with Crippen molar-refractivity contribution in [2.75, 3.05) is 12.4 Å². The summed E-state index contributed by atoms with van der Waals surface area (Å²) in [5.41, 5.74) is 3.09. The Labute approximate surface area is 148 Å². The topological polar surface area (TPSA) is 74.2 Å². The Kier molecular flexibility index (Phi) is 6.15. The van der Waals surface area contributed by atoms with Gasteiger partial charge in [0.05, 0.1) is 24.4 Å². The molecule has 0 aliphatic rings. The molecule has 2 unspecified atom stereocenters. The fourth-order valence-corrected chi connectivity index (χ4v) is 2.66. The van der Waals surface area contributed by atoms with E-state index < -0.39 is 6.04 Å². The van der Waals surface area contributed by atoms with Crippen molar-refractivity contribution < 1.29 is 9.53 Å². The lowest BCUT2D eigenvalue weighted by Crippen LogP contribution is -2.39. The quantitative estimate of drug-likeness (QED) is 0.845. The van der Waals surface area contributed by atoms with Gasteiger partial charge in [-0.3, -0.25) is 10.1 Å². The highest BCUT2D eigenvalue weighted by molar-refractivity contribution is 5.95. The Morgan fingerprint density at radius 1 is 1.20 bits per heavy atom. The standard InChI is InChI=1S/C20H23N3O2/c1-13-9-10-19(25-4)17(11-13)14(2)22-15(3)20(24)23-18-8-6-5-7-16(18)12-21/h5-11,14-15,22H,1-4H3,(H,23,24). The number of hydrogen-bond donors (Lipinski definition) is 2. The largest absolute Gasteiger partial charge is 0.496 e. The Balaban J connectivity index is 2.08. The van der Waals surface area contributed by atoms with Crippen LogP contribution < -0.4 is 15.4 Å². The molecular formula is C20H23N3O2. The van der Waals surface area contributed by atoms with Gasteiger partial charge >= 0.3 is 0 Å². The summed E-state index contributed by atoms with van der Waals surface area (Å²) in [5, 5.41) is 15.2. The number of carbonyl (C=O) groups excluding carboxylic acids is 1. The summed E-state index contributed by atoms with van der Waals surface area (Å²) in [7, 11) is 1.63. The van der Waals surface area contributed by atoms with Crippen LogP contribution in [0.4, 0.5) is 5.69 Å². The Morgan fingerprint density at radius 3 is 2.60 bits per heavy atom. The number of methoxy groups -OCH3 is 1. The second kappa shape index (κ2) is 8.32. The first-order valence-electron chi connectivity index (χ1n) is 8.16. The van der Waals surface area contributed by atoms with E-state index in [0.29, 0.717) is 11.3 Å². The van der Waals surface area contributed by atoms with Crippen LogP contribution in [0.25, 0.3) is 0 Å². The third-order valence-electron chi connectivity index (χ3n) is 4.05. The highest BCUT2D eigenvalue weighted by atomic mass is 16.5. The van der Waals surface area contributed by atoms with Gasteiger partial charge in [0, 0.05) is 11.6 Å². The van der Waals surface area contributed by atoms with Gasteiger partial charge in [0.15, 0.2) is 0 Å². The van der Waals surface area contributed by atoms with Crippen molar-refractivity contribution in [3.8, 4) is 11.8 Å². The molecule has 0 bridgehead atoms. The van der Waals surface area contributed by atoms with E-state index in [4.69, 9.17) is 10.00 Å². The van der Waals surface area contributed by atoms with Crippen molar-refractivity contribution >= 4 is 11.6 Å². The Morgan fingerprint density at radius 2 is 1.92 bits per heavy atom. The molecule has 0 aliphatic heterocycles. The molecule has 0 saturated heterocycles. The van der Waals surface area contributed by atoms with E-state index in [2.05, 4.69) is 16.7 Å². The lowest BCUT2D eigenvalue weighted by Gasteiger charge is -2.22. The van der Waals surface area contributed by atoms with Crippen molar-refractivity contribution in [1.82, 2.24) is 5.32 Å². The average Bonchev–Trinajstić information content (AvgIpc) is 2.61. The molecule has 0 aromatic heterocycles. The van der Waals surface area contributed by atoms with E-state index in [0.717, 1.165) is 16.9 Å². The van der Waals surface area contributed by atoms with Gasteiger partial charge in [0.25, 0.3) is 0 Å². The average molecular weight is 337 g/mol. The number of carbonyl (C=O) groups is 1. The Bertz CT molecular complexity index is 796. The maximum atomic E-state index is 12.5. The van der Waals surface area contributed by atoms with Gasteiger partial charge < -0.3 is 10.1 Å². The predicted molar refractivity (Wildman–Crippen MR) is 98.5 cm³/mol. The van der Waals surface area contributed by atoms with Crippen LogP contribution in [-0.4, -0.2) is 19.1 Å². The minimum atomic E-state index is -0.438. The second-order valence-electron chi connectivity index (χ2n) is 6.00. The second-order valence-corrected chi connectivity index (χ2v) is 6.00. The molecule has 2 atom stereocenters. The van der Waals surface area contributed by atoms with E-state index in [1.807, 2.05) is 32.0 Å². The number of ether oxygens (including phenoxy) is 1. The first-order valence-corrected chi connectivity index (χ1v) is 8.16. The summed E-state index contributed by atoms with van der Waals surface area (Å²) in [5.74, 6) is 0.592. The summed E-state index contributed by atoms with van der Waals surface area (Å²) >= 11 is 0. The number of benzene rings is 2. The molecule has 130 valence electrons. The first kappa shape index (κ1) is 18.5. The van der Waals surface area contributed by atoms with Gasteiger partial charge in [-0.25, -0.2) is 0 Å². The highest BCUT2D eigenvalue weighted by Gasteiger charge is 2.19. The molecule has 0 spiro atoms. The highest BCUT2D eigenvalue weighted by Crippen LogP contribution is 2.26. The lowest BCUT2D eigenvalue weighted by molar-refractivity contribution is -0.117. The molecular weight excluding hydrogens is 314 g/mol. The number of aryl methyl sites for hydroxylation is 1. The number of nitrogens with one attached hydrogen (secondary N) is 2. The van der Waals surface area contributed by atoms with E-state index in [1.165, 1.54) is 0 Å². The van der Waals surface area contributed by atoms with Crippen LogP contribution >= 0.6 is 0 Å². The summed E-state index contributed by atoms with van der Waals surface area (Å²) < 4.78 is 5.41. The van der Waals surface area contributed by atoms with Crippen LogP contribution in [-0.2, 0) is 4.79 Å². The van der Waals surface area contributed by atoms with Crippen LogP contribution in [0.5, 0.6) is 5.75 Å². The molecule has 1 amide bonds. The molecule has 2 aromatic rings. The number of nitrogens with zero attached hydrogens (tertiary/aromatic N) is 1. The number of anilines is 1. The van der Waals surface area contributed by atoms with Crippen molar-refractivity contribution in [3.05, 3.63) is 59.2 Å².